The van der Waals surface area contributed by atoms with E-state index in [0.29, 0.717) is 12.0 Å². The molecule has 4 atom stereocenters. The molecule has 0 saturated heterocycles. The second-order valence-corrected chi connectivity index (χ2v) is 16.7. The van der Waals surface area contributed by atoms with Gasteiger partial charge in [0.1, 0.15) is 10.0 Å². The normalized spacial score (nSPS) is 20.6. The minimum atomic E-state index is -3.80. The summed E-state index contributed by atoms with van der Waals surface area (Å²) in [5.74, 6) is 5.14. The number of aryl methyl sites for hydroxylation is 1. The Kier molecular flexibility index (Phi) is 22.3. The van der Waals surface area contributed by atoms with Crippen LogP contribution in [0.25, 0.3) is 4.72 Å². The van der Waals surface area contributed by atoms with Gasteiger partial charge in [0.25, 0.3) is 0 Å². The van der Waals surface area contributed by atoms with Crippen molar-refractivity contribution in [1.29, 1.82) is 0 Å². The Balaban J connectivity index is 0.000000319. The summed E-state index contributed by atoms with van der Waals surface area (Å²) in [4.78, 5) is 0.206. The summed E-state index contributed by atoms with van der Waals surface area (Å²) >= 11 is 1.47. The summed E-state index contributed by atoms with van der Waals surface area (Å²) in [5, 5.41) is 6.66. The molecule has 2 N–H and O–H groups in total. The molecule has 310 valence electrons. The number of hydrogen-bond donors (Lipinski definition) is 2. The van der Waals surface area contributed by atoms with Crippen LogP contribution in [0.2, 0.25) is 0 Å². The van der Waals surface area contributed by atoms with Gasteiger partial charge >= 0.3 is 27.5 Å². The van der Waals surface area contributed by atoms with Crippen LogP contribution in [-0.2, 0) is 27.9 Å². The predicted molar refractivity (Wildman–Crippen MR) is 240 cm³/mol. The molecule has 5 nitrogen and oxygen atoms in total. The molecule has 0 unspecified atom stereocenters. The van der Waals surface area contributed by atoms with Crippen LogP contribution in [0.4, 0.5) is 0 Å². The molecule has 0 spiro atoms. The van der Waals surface area contributed by atoms with Crippen molar-refractivity contribution in [2.45, 2.75) is 77.4 Å². The van der Waals surface area contributed by atoms with Gasteiger partial charge < -0.3 is 22.8 Å². The molecule has 0 aliphatic heterocycles. The van der Waals surface area contributed by atoms with Gasteiger partial charge in [-0.25, -0.2) is 8.42 Å². The van der Waals surface area contributed by atoms with E-state index in [9.17, 15) is 8.42 Å². The molecule has 1 aliphatic carbocycles. The first-order valence-electron chi connectivity index (χ1n) is 19.6. The standard InChI is InChI=1S/C22H23N2O2S.C16H19N.C10H20.CH3.ClH.Ir/c1-17-13-15-20(16-14-17)27(25,26)24-22(19-11-7-4-8-12-19)21(23-2)18-9-5-3-6-10-18;1-13(14-9-5-3-6-10-14)16(17-2)15-11-7-4-8-12-15;1-6-7(2)9(4)10(5)8(6)3;;;/h3-16,21-23H,1-2H3;3-13,16-17H,1-2H3;6-10H,1-5H3;1H3;1H;/q-1;;;-1;;+3/p-1/t21-,22-;13-,16+;;;;/m11..../s1. The maximum absolute atomic E-state index is 13.0. The summed E-state index contributed by atoms with van der Waals surface area (Å²) < 4.78 is 30.3. The number of halogens is 1. The third kappa shape index (κ3) is 14.3. The zero-order valence-corrected chi connectivity index (χ0v) is 39.4. The second kappa shape index (κ2) is 25.4. The van der Waals surface area contributed by atoms with E-state index < -0.39 is 16.1 Å². The topological polar surface area (TPSA) is 72.3 Å². The van der Waals surface area contributed by atoms with Crippen molar-refractivity contribution >= 4 is 19.6 Å². The Morgan fingerprint density at radius 1 is 0.526 bits per heavy atom. The van der Waals surface area contributed by atoms with Gasteiger partial charge in [-0.1, -0.05) is 192 Å². The molecule has 0 heterocycles. The Labute approximate surface area is 361 Å². The molecule has 6 rings (SSSR count). The molecule has 8 heteroatoms. The fraction of sp³-hybridized carbons (Fsp3) is 0.367. The number of sulfonamides is 1. The van der Waals surface area contributed by atoms with E-state index in [-0.39, 0.29) is 18.4 Å². The molecule has 0 aromatic heterocycles. The first-order valence-corrected chi connectivity index (χ1v) is 24.0. The van der Waals surface area contributed by atoms with Crippen LogP contribution in [0.3, 0.4) is 0 Å². The first-order chi connectivity index (χ1) is 26.9. The zero-order valence-electron chi connectivity index (χ0n) is 35.4. The number of benzene rings is 5. The minimum absolute atomic E-state index is 0. The summed E-state index contributed by atoms with van der Waals surface area (Å²) in [6.07, 6.45) is 0. The van der Waals surface area contributed by atoms with Crippen LogP contribution in [0.5, 0.6) is 0 Å². The average molecular weight is 988 g/mol. The number of rotatable bonds is 11. The van der Waals surface area contributed by atoms with Crippen molar-refractivity contribution in [2.24, 2.45) is 29.6 Å². The fourth-order valence-electron chi connectivity index (χ4n) is 7.76. The fourth-order valence-corrected chi connectivity index (χ4v) is 8.91. The van der Waals surface area contributed by atoms with Crippen molar-refractivity contribution < 1.29 is 26.3 Å². The van der Waals surface area contributed by atoms with Crippen LogP contribution in [-0.4, -0.2) is 22.5 Å². The first kappa shape index (κ1) is 50.0. The molecule has 5 aromatic carbocycles. The van der Waals surface area contributed by atoms with Gasteiger partial charge in [-0.15, -0.1) is 0 Å². The van der Waals surface area contributed by atoms with E-state index in [1.54, 1.807) is 24.3 Å². The SMILES string of the molecule is CC1C(C)C(C)C(C)C1C.CN[C@H](c1ccccc1)[C@H](C)c1ccccc1.CN[C@H](c1ccccc1)[C@H]([N-]S(=O)(=O)c1ccc(C)cc1)c1ccccc1.[CH3-].[Cl][Ir+2]. The summed E-state index contributed by atoms with van der Waals surface area (Å²) in [5.41, 5.74) is 5.54. The average Bonchev–Trinajstić information content (AvgIpc) is 3.40. The van der Waals surface area contributed by atoms with Gasteiger partial charge in [0.2, 0.25) is 0 Å². The predicted octanol–water partition coefficient (Wildman–Crippen LogP) is 12.8. The second-order valence-electron chi connectivity index (χ2n) is 15.1. The van der Waals surface area contributed by atoms with Gasteiger partial charge in [0, 0.05) is 22.9 Å². The molecule has 1 saturated carbocycles. The third-order valence-corrected chi connectivity index (χ3v) is 13.3. The van der Waals surface area contributed by atoms with Crippen LogP contribution >= 0.6 is 9.58 Å². The molecule has 5 aromatic rings. The van der Waals surface area contributed by atoms with Crippen molar-refractivity contribution in [3.05, 3.63) is 186 Å². The van der Waals surface area contributed by atoms with Gasteiger partial charge in [-0.05, 0) is 79.4 Å². The Morgan fingerprint density at radius 2 is 0.842 bits per heavy atom. The Morgan fingerprint density at radius 3 is 1.19 bits per heavy atom. The van der Waals surface area contributed by atoms with Crippen LogP contribution in [0.15, 0.2) is 150 Å². The molecule has 1 aliphatic rings. The molecule has 0 radical (unpaired) electrons. The molecule has 0 bridgehead atoms. The van der Waals surface area contributed by atoms with Crippen LogP contribution in [0.1, 0.15) is 93.4 Å². The number of likely N-dealkylation sites (N-methyl/N-ethyl adjacent to an activating group) is 2. The van der Waals surface area contributed by atoms with Crippen molar-refractivity contribution in [3.8, 4) is 0 Å². The number of nitrogens with one attached hydrogen (secondary N) is 2. The molecule has 0 amide bonds. The molecule has 1 fully saturated rings. The van der Waals surface area contributed by atoms with E-state index >= 15 is 0 Å². The zero-order chi connectivity index (χ0) is 41.3. The van der Waals surface area contributed by atoms with Gasteiger partial charge in [0.05, 0.1) is 0 Å². The number of nitrogens with zero attached hydrogens (tertiary/aromatic N) is 1. The molecule has 57 heavy (non-hydrogen) atoms. The number of hydrogen-bond acceptors (Lipinski definition) is 4. The molecular weight excluding hydrogens is 922 g/mol. The van der Waals surface area contributed by atoms with Crippen molar-refractivity contribution in [1.82, 2.24) is 10.6 Å². The van der Waals surface area contributed by atoms with Gasteiger partial charge in [0.15, 0.2) is 0 Å². The van der Waals surface area contributed by atoms with E-state index in [2.05, 4.69) is 127 Å². The van der Waals surface area contributed by atoms with Gasteiger partial charge in [-0.2, -0.15) is 0 Å². The van der Waals surface area contributed by atoms with E-state index in [1.165, 1.54) is 29.0 Å². The van der Waals surface area contributed by atoms with Crippen LogP contribution < -0.4 is 10.6 Å². The Bertz CT molecular complexity index is 1860. The van der Waals surface area contributed by atoms with E-state index in [4.69, 9.17) is 0 Å². The quantitative estimate of drug-likeness (QED) is 0.129. The van der Waals surface area contributed by atoms with E-state index in [0.717, 1.165) is 46.3 Å². The Hall–Kier alpha value is -3.13. The van der Waals surface area contributed by atoms with Crippen molar-refractivity contribution in [2.75, 3.05) is 14.1 Å². The summed E-state index contributed by atoms with van der Waals surface area (Å²) in [6, 6.07) is 46.8. The summed E-state index contributed by atoms with van der Waals surface area (Å²) in [7, 11) is 4.68. The summed E-state index contributed by atoms with van der Waals surface area (Å²) in [6.45, 7) is 16.2. The van der Waals surface area contributed by atoms with Crippen molar-refractivity contribution in [3.63, 3.8) is 0 Å². The van der Waals surface area contributed by atoms with Crippen LogP contribution in [0, 0.1) is 43.9 Å². The van der Waals surface area contributed by atoms with Gasteiger partial charge in [-0.3, -0.25) is 0 Å². The monoisotopic (exact) mass is 987 g/mol. The maximum atomic E-state index is 13.0. The van der Waals surface area contributed by atoms with E-state index in [1.807, 2.05) is 81.7 Å². The molecular formula is C49H65ClIrN3O2S. The third-order valence-electron chi connectivity index (χ3n) is 11.9.